The summed E-state index contributed by atoms with van der Waals surface area (Å²) in [6, 6.07) is 12.8. The maximum atomic E-state index is 15.4. The molecule has 0 aromatic heterocycles. The number of hydrogen-bond donors (Lipinski definition) is 2. The molecule has 0 radical (unpaired) electrons. The van der Waals surface area contributed by atoms with Gasteiger partial charge < -0.3 is 0 Å². The molecule has 6 aromatic carbocycles. The highest BCUT2D eigenvalue weighted by Crippen LogP contribution is 2.33. The molecule has 0 bridgehead atoms. The zero-order valence-electron chi connectivity index (χ0n) is 29.0. The Morgan fingerprint density at radius 3 is 0.917 bits per heavy atom. The van der Waals surface area contributed by atoms with Gasteiger partial charge in [0.15, 0.2) is 75.5 Å². The summed E-state index contributed by atoms with van der Waals surface area (Å²) in [7, 11) is 4.16. The molecule has 0 saturated carbocycles. The maximum Gasteiger partial charge on any atom is 0.200 e. The van der Waals surface area contributed by atoms with Gasteiger partial charge >= 0.3 is 0 Å². The summed E-state index contributed by atoms with van der Waals surface area (Å²) < 4.78 is 294. The second-order valence-corrected chi connectivity index (χ2v) is 12.8. The molecule has 0 spiro atoms. The van der Waals surface area contributed by atoms with Crippen LogP contribution in [0.2, 0.25) is 0 Å². The van der Waals surface area contributed by atoms with Crippen molar-refractivity contribution in [3.63, 3.8) is 0 Å². The minimum absolute atomic E-state index is 1.21. The molecule has 0 fully saturated rings. The Kier molecular flexibility index (Phi) is 11.0. The van der Waals surface area contributed by atoms with E-state index < -0.39 is 144 Å². The molecule has 0 aliphatic carbocycles. The van der Waals surface area contributed by atoms with Gasteiger partial charge in [-0.3, -0.25) is 5.01 Å². The summed E-state index contributed by atoms with van der Waals surface area (Å²) in [4.78, 5) is 0. The molecule has 60 heavy (non-hydrogen) atoms. The van der Waals surface area contributed by atoms with Crippen LogP contribution >= 0.6 is 0 Å². The number of halogens is 20. The average Bonchev–Trinajstić information content (AvgIpc) is 3.22. The normalized spacial score (nSPS) is 13.9. The van der Waals surface area contributed by atoms with Gasteiger partial charge in [-0.15, -0.1) is 21.9 Å². The number of hydrazine groups is 1. The fourth-order valence-corrected chi connectivity index (χ4v) is 7.16. The molecule has 1 unspecified atom stereocenters. The van der Waals surface area contributed by atoms with Gasteiger partial charge in [-0.1, -0.05) is 29.8 Å². The van der Waals surface area contributed by atoms with E-state index in [4.69, 9.17) is 0 Å². The molecule has 1 aliphatic heterocycles. The zero-order chi connectivity index (χ0) is 44.8. The van der Waals surface area contributed by atoms with Crippen LogP contribution in [0.3, 0.4) is 0 Å². The second-order valence-electron chi connectivity index (χ2n) is 12.8. The lowest BCUT2D eigenvalue weighted by molar-refractivity contribution is -0.861. The van der Waals surface area contributed by atoms with Gasteiger partial charge in [0.05, 0.1) is 18.1 Å². The maximum absolute atomic E-state index is 15.4. The molecule has 1 aliphatic rings. The molecule has 6 aromatic rings. The van der Waals surface area contributed by atoms with Crippen molar-refractivity contribution in [2.24, 2.45) is 0 Å². The van der Waals surface area contributed by atoms with Crippen LogP contribution in [0.5, 0.6) is 0 Å². The van der Waals surface area contributed by atoms with Crippen molar-refractivity contribution in [1.82, 2.24) is 5.53 Å². The van der Waals surface area contributed by atoms with Crippen LogP contribution < -0.4 is 37.4 Å². The average molecular weight is 879 g/mol. The third-order valence-electron chi connectivity index (χ3n) is 9.69. The zero-order valence-corrected chi connectivity index (χ0v) is 29.0. The van der Waals surface area contributed by atoms with Gasteiger partial charge in [0.25, 0.3) is 0 Å². The molecule has 7 rings (SSSR count). The fraction of sp³-hybridized carbons (Fsp3) is 0.0556. The van der Waals surface area contributed by atoms with Crippen molar-refractivity contribution in [3.8, 4) is 0 Å². The molecule has 0 amide bonds. The van der Waals surface area contributed by atoms with Crippen molar-refractivity contribution < 1.29 is 92.8 Å². The van der Waals surface area contributed by atoms with Crippen molar-refractivity contribution in [3.05, 3.63) is 153 Å². The third-order valence-corrected chi connectivity index (χ3v) is 9.69. The van der Waals surface area contributed by atoms with Crippen LogP contribution in [0.15, 0.2) is 36.4 Å². The van der Waals surface area contributed by atoms with Gasteiger partial charge in [0.2, 0.25) is 0 Å². The predicted molar refractivity (Wildman–Crippen MR) is 171 cm³/mol. The first-order valence-corrected chi connectivity index (χ1v) is 16.1. The summed E-state index contributed by atoms with van der Waals surface area (Å²) in [5.74, 6) is -71.4. The lowest BCUT2D eigenvalue weighted by atomic mass is 9.12. The van der Waals surface area contributed by atoms with E-state index in [1.54, 1.807) is 0 Å². The first-order valence-electron chi connectivity index (χ1n) is 16.1. The Balaban J connectivity index is 0.000000332. The summed E-state index contributed by atoms with van der Waals surface area (Å²) in [6.07, 6.45) is -7.22. The topological polar surface area (TPSA) is 19.7 Å². The van der Waals surface area contributed by atoms with Crippen molar-refractivity contribution in [1.29, 1.82) is 0 Å². The number of rotatable bonds is 4. The number of nitrogens with one attached hydrogen (secondary N) is 2. The summed E-state index contributed by atoms with van der Waals surface area (Å²) in [6.45, 7) is 0. The Morgan fingerprint density at radius 2 is 0.633 bits per heavy atom. The first kappa shape index (κ1) is 43.5. The van der Waals surface area contributed by atoms with Crippen LogP contribution in [-0.4, -0.2) is 20.2 Å². The number of hydrogen-bond acceptors (Lipinski definition) is 2. The minimum Gasteiger partial charge on any atom is -0.267 e. The van der Waals surface area contributed by atoms with E-state index in [2.05, 4.69) is 54.0 Å². The first-order chi connectivity index (χ1) is 28.0. The highest BCUT2D eigenvalue weighted by Gasteiger charge is 2.52. The molecule has 1 heterocycles. The highest BCUT2D eigenvalue weighted by molar-refractivity contribution is 7.20. The number of anilines is 1. The monoisotopic (exact) mass is 879 g/mol. The van der Waals surface area contributed by atoms with Gasteiger partial charge in [0.1, 0.15) is 52.7 Å². The lowest BCUT2D eigenvalue weighted by Gasteiger charge is -2.44. The molecular formula is C36H14BF20N3. The van der Waals surface area contributed by atoms with Crippen molar-refractivity contribution in [2.75, 3.05) is 19.1 Å². The highest BCUT2D eigenvalue weighted by atomic mass is 19.2. The van der Waals surface area contributed by atoms with E-state index in [1.807, 2.05) is 7.05 Å². The van der Waals surface area contributed by atoms with Crippen LogP contribution in [-0.2, 0) is 0 Å². The van der Waals surface area contributed by atoms with Gasteiger partial charge in [0, 0.05) is 13.1 Å². The second kappa shape index (κ2) is 15.2. The summed E-state index contributed by atoms with van der Waals surface area (Å²) in [5, 5.41) is 5.93. The number of benzene rings is 6. The van der Waals surface area contributed by atoms with Crippen LogP contribution in [0.1, 0.15) is 0 Å². The van der Waals surface area contributed by atoms with E-state index in [1.165, 1.54) is 27.2 Å². The van der Waals surface area contributed by atoms with Crippen LogP contribution in [0.25, 0.3) is 10.8 Å². The minimum atomic E-state index is -7.22. The Hall–Kier alpha value is -6.04. The van der Waals surface area contributed by atoms with E-state index in [9.17, 15) is 52.7 Å². The Bertz CT molecular complexity index is 2370. The molecule has 3 nitrogen and oxygen atoms in total. The number of quaternary nitrogens is 1. The van der Waals surface area contributed by atoms with Crippen LogP contribution in [0, 0.1) is 116 Å². The molecule has 2 N–H and O–H groups in total. The lowest BCUT2D eigenvalue weighted by Crippen LogP contribution is -3.13. The summed E-state index contributed by atoms with van der Waals surface area (Å²) >= 11 is 0. The van der Waals surface area contributed by atoms with E-state index in [0.717, 1.165) is 0 Å². The third kappa shape index (κ3) is 6.00. The van der Waals surface area contributed by atoms with Gasteiger partial charge in [-0.2, -0.15) is 0 Å². The smallest absolute Gasteiger partial charge is 0.200 e. The fourth-order valence-electron chi connectivity index (χ4n) is 7.16. The van der Waals surface area contributed by atoms with E-state index in [-0.39, 0.29) is 0 Å². The summed E-state index contributed by atoms with van der Waals surface area (Å²) in [5.41, 5.74) is -8.43. The Labute approximate surface area is 320 Å². The molecular weight excluding hydrogens is 865 g/mol. The van der Waals surface area contributed by atoms with Gasteiger partial charge in [-0.25, -0.2) is 92.8 Å². The van der Waals surface area contributed by atoms with Crippen molar-refractivity contribution >= 4 is 50.1 Å². The molecule has 316 valence electrons. The predicted octanol–water partition coefficient (Wildman–Crippen LogP) is 6.70. The molecule has 0 saturated heterocycles. The molecule has 24 heteroatoms. The quantitative estimate of drug-likeness (QED) is 0.0891. The van der Waals surface area contributed by atoms with E-state index in [0.29, 0.717) is 0 Å². The van der Waals surface area contributed by atoms with Crippen molar-refractivity contribution in [2.45, 2.75) is 0 Å². The van der Waals surface area contributed by atoms with Crippen LogP contribution in [0.4, 0.5) is 99.2 Å². The standard InChI is InChI=1S/C24BF20.C12H13N3/c26-5-1(6(27)14(35)21(42)13(5)34)25(2-7(28)15(36)22(43)16(37)8(2)29,3-9(30)17(38)23(44)18(39)10(3)31)4-11(32)19(40)24(45)20(41)12(4)33;1-14-10-7-3-5-9-6-4-8-11(12(9)10)15(2)13-14/h;3-8,13H,1-2H3/q-1;/p+1. The molecule has 1 atom stereocenters. The number of nitrogens with zero attached hydrogens (tertiary/aromatic N) is 1. The van der Waals surface area contributed by atoms with Gasteiger partial charge in [-0.05, 0) is 11.5 Å². The van der Waals surface area contributed by atoms with E-state index >= 15 is 35.1 Å². The SMILES string of the molecule is CN1N[NH+](C)c2cccc3cccc1c23.Fc1c(F)c(F)c([B-](c2c(F)c(F)c(F)c(F)c2F)(c2c(F)c(F)c(F)c(F)c2F)c2c(F)c(F)c(F)c(F)c2F)c(F)c1F. The Morgan fingerprint density at radius 1 is 0.383 bits per heavy atom. The largest absolute Gasteiger partial charge is 0.267 e.